The summed E-state index contributed by atoms with van der Waals surface area (Å²) in [4.78, 5) is 35.4. The number of rotatable bonds is 9. The summed E-state index contributed by atoms with van der Waals surface area (Å²) in [7, 11) is 1.61. The van der Waals surface area contributed by atoms with Crippen molar-refractivity contribution in [3.63, 3.8) is 0 Å². The zero-order chi connectivity index (χ0) is 23.9. The van der Waals surface area contributed by atoms with E-state index in [0.29, 0.717) is 45.8 Å². The van der Waals surface area contributed by atoms with Crippen molar-refractivity contribution >= 4 is 27.5 Å². The lowest BCUT2D eigenvalue weighted by Crippen LogP contribution is -2.34. The molecule has 1 aliphatic rings. The molecule has 5 rings (SSSR count). The lowest BCUT2D eigenvalue weighted by Gasteiger charge is -2.20. The van der Waals surface area contributed by atoms with E-state index < -0.39 is 11.5 Å². The van der Waals surface area contributed by atoms with E-state index in [0.717, 1.165) is 11.3 Å². The Morgan fingerprint density at radius 1 is 1.32 bits per heavy atom. The molecule has 3 aromatic heterocycles. The van der Waals surface area contributed by atoms with E-state index in [4.69, 9.17) is 13.9 Å². The Kier molecular flexibility index (Phi) is 5.60. The molecule has 34 heavy (non-hydrogen) atoms. The first kappa shape index (κ1) is 22.1. The predicted molar refractivity (Wildman–Crippen MR) is 126 cm³/mol. The van der Waals surface area contributed by atoms with Gasteiger partial charge in [0.25, 0.3) is 5.56 Å². The summed E-state index contributed by atoms with van der Waals surface area (Å²) in [6, 6.07) is 7.77. The van der Waals surface area contributed by atoms with E-state index in [9.17, 15) is 14.7 Å². The van der Waals surface area contributed by atoms with Crippen LogP contribution in [0.5, 0.6) is 11.8 Å². The third-order valence-electron chi connectivity index (χ3n) is 6.14. The molecular formula is C24H23N3O6S. The second-order valence-corrected chi connectivity index (χ2v) is 9.31. The molecule has 0 radical (unpaired) electrons. The number of aliphatic carboxylic acids is 1. The van der Waals surface area contributed by atoms with Gasteiger partial charge in [0.1, 0.15) is 16.8 Å². The largest absolute Gasteiger partial charge is 0.496 e. The molecular weight excluding hydrogens is 458 g/mol. The molecule has 0 amide bonds. The van der Waals surface area contributed by atoms with Gasteiger partial charge in [0.05, 0.1) is 42.1 Å². The molecule has 1 fully saturated rings. The smallest absolute Gasteiger partial charge is 0.305 e. The van der Waals surface area contributed by atoms with Gasteiger partial charge in [-0.15, -0.1) is 11.3 Å². The standard InChI is InChI=1S/C24H23N3O6S/c1-14-18-21(34-19(14)20-25-10-12-32-20)26-23(27(22(18)30)24(8-9-24)13-17(28)29)33-11-7-15-5-3-4-6-16(15)31-2/h3-6,10,12H,7-9,11,13H2,1-2H3,(H,28,29). The van der Waals surface area contributed by atoms with Crippen LogP contribution in [0.2, 0.25) is 0 Å². The Hall–Kier alpha value is -3.66. The lowest BCUT2D eigenvalue weighted by molar-refractivity contribution is -0.138. The number of aromatic nitrogens is 3. The number of hydrogen-bond donors (Lipinski definition) is 1. The Labute approximate surface area is 198 Å². The van der Waals surface area contributed by atoms with Crippen LogP contribution in [0.4, 0.5) is 0 Å². The van der Waals surface area contributed by atoms with Gasteiger partial charge in [0.2, 0.25) is 5.89 Å². The normalized spacial score (nSPS) is 14.3. The predicted octanol–water partition coefficient (Wildman–Crippen LogP) is 4.02. The molecule has 176 valence electrons. The van der Waals surface area contributed by atoms with E-state index in [2.05, 4.69) is 9.97 Å². The summed E-state index contributed by atoms with van der Waals surface area (Å²) < 4.78 is 18.3. The van der Waals surface area contributed by atoms with E-state index in [1.165, 1.54) is 22.2 Å². The van der Waals surface area contributed by atoms with Gasteiger partial charge in [-0.3, -0.25) is 14.2 Å². The van der Waals surface area contributed by atoms with Crippen LogP contribution in [-0.2, 0) is 16.8 Å². The summed E-state index contributed by atoms with van der Waals surface area (Å²) in [6.07, 6.45) is 4.54. The number of nitrogens with zero attached hydrogens (tertiary/aromatic N) is 3. The number of ether oxygens (including phenoxy) is 2. The average molecular weight is 482 g/mol. The molecule has 0 bridgehead atoms. The molecule has 3 heterocycles. The maximum Gasteiger partial charge on any atom is 0.305 e. The summed E-state index contributed by atoms with van der Waals surface area (Å²) in [5.41, 5.74) is 0.536. The molecule has 1 saturated carbocycles. The molecule has 0 unspecified atom stereocenters. The fraction of sp³-hybridized carbons (Fsp3) is 0.333. The molecule has 1 aromatic carbocycles. The Balaban J connectivity index is 1.57. The highest BCUT2D eigenvalue weighted by atomic mass is 32.1. The molecule has 0 saturated heterocycles. The first-order chi connectivity index (χ1) is 16.4. The van der Waals surface area contributed by atoms with Crippen molar-refractivity contribution in [1.82, 2.24) is 14.5 Å². The maximum absolute atomic E-state index is 13.7. The minimum absolute atomic E-state index is 0.131. The van der Waals surface area contributed by atoms with Gasteiger partial charge in [0, 0.05) is 6.42 Å². The summed E-state index contributed by atoms with van der Waals surface area (Å²) in [5, 5.41) is 9.94. The van der Waals surface area contributed by atoms with Gasteiger partial charge >= 0.3 is 12.0 Å². The lowest BCUT2D eigenvalue weighted by atomic mass is 10.1. The van der Waals surface area contributed by atoms with Crippen molar-refractivity contribution in [3.05, 3.63) is 58.2 Å². The van der Waals surface area contributed by atoms with E-state index >= 15 is 0 Å². The Bertz CT molecular complexity index is 1420. The number of aryl methyl sites for hydroxylation is 1. The van der Waals surface area contributed by atoms with Crippen LogP contribution in [-0.4, -0.2) is 39.3 Å². The number of benzene rings is 1. The second kappa shape index (κ2) is 8.60. The average Bonchev–Trinajstić information content (AvgIpc) is 3.21. The summed E-state index contributed by atoms with van der Waals surface area (Å²) >= 11 is 1.30. The van der Waals surface area contributed by atoms with Crippen molar-refractivity contribution in [2.24, 2.45) is 0 Å². The van der Waals surface area contributed by atoms with E-state index in [-0.39, 0.29) is 24.6 Å². The Morgan fingerprint density at radius 2 is 2.12 bits per heavy atom. The van der Waals surface area contributed by atoms with Crippen LogP contribution < -0.4 is 15.0 Å². The first-order valence-corrected chi connectivity index (χ1v) is 11.7. The second-order valence-electron chi connectivity index (χ2n) is 8.31. The summed E-state index contributed by atoms with van der Waals surface area (Å²) in [5.74, 6) is 0.199. The van der Waals surface area contributed by atoms with Crippen LogP contribution in [0.15, 0.2) is 45.9 Å². The minimum atomic E-state index is -0.966. The van der Waals surface area contributed by atoms with Crippen molar-refractivity contribution in [3.8, 4) is 22.5 Å². The van der Waals surface area contributed by atoms with E-state index in [1.54, 1.807) is 13.3 Å². The Morgan fingerprint density at radius 3 is 2.79 bits per heavy atom. The molecule has 1 aliphatic carbocycles. The highest BCUT2D eigenvalue weighted by molar-refractivity contribution is 7.22. The quantitative estimate of drug-likeness (QED) is 0.381. The van der Waals surface area contributed by atoms with Gasteiger partial charge in [-0.2, -0.15) is 4.98 Å². The maximum atomic E-state index is 13.7. The molecule has 4 aromatic rings. The number of methoxy groups -OCH3 is 1. The topological polar surface area (TPSA) is 117 Å². The fourth-order valence-corrected chi connectivity index (χ4v) is 5.39. The number of para-hydroxylation sites is 1. The van der Waals surface area contributed by atoms with Crippen LogP contribution >= 0.6 is 11.3 Å². The van der Waals surface area contributed by atoms with Gasteiger partial charge in [-0.05, 0) is 37.0 Å². The molecule has 0 spiro atoms. The highest BCUT2D eigenvalue weighted by Crippen LogP contribution is 2.48. The minimum Gasteiger partial charge on any atom is -0.496 e. The molecule has 9 nitrogen and oxygen atoms in total. The third kappa shape index (κ3) is 3.83. The number of oxazole rings is 1. The monoisotopic (exact) mass is 481 g/mol. The van der Waals surface area contributed by atoms with Gasteiger partial charge in [0.15, 0.2) is 0 Å². The highest BCUT2D eigenvalue weighted by Gasteiger charge is 2.49. The third-order valence-corrected chi connectivity index (χ3v) is 7.31. The number of carbonyl (C=O) groups is 1. The SMILES string of the molecule is COc1ccccc1CCOc1nc2sc(-c3ncco3)c(C)c2c(=O)n1C1(CC(=O)O)CC1. The molecule has 1 N–H and O–H groups in total. The molecule has 0 atom stereocenters. The molecule has 0 aliphatic heterocycles. The first-order valence-electron chi connectivity index (χ1n) is 10.9. The zero-order valence-corrected chi connectivity index (χ0v) is 19.6. The van der Waals surface area contributed by atoms with Gasteiger partial charge in [-0.1, -0.05) is 18.2 Å². The van der Waals surface area contributed by atoms with Crippen LogP contribution in [0, 0.1) is 6.92 Å². The number of carboxylic acids is 1. The van der Waals surface area contributed by atoms with Gasteiger partial charge < -0.3 is 19.0 Å². The van der Waals surface area contributed by atoms with Crippen molar-refractivity contribution in [2.75, 3.05) is 13.7 Å². The van der Waals surface area contributed by atoms with Crippen molar-refractivity contribution < 1.29 is 23.8 Å². The number of thiophene rings is 1. The number of carboxylic acid groups (broad SMARTS) is 1. The number of fused-ring (bicyclic) bond motifs is 1. The van der Waals surface area contributed by atoms with Crippen LogP contribution in [0.1, 0.15) is 30.4 Å². The van der Waals surface area contributed by atoms with Crippen molar-refractivity contribution in [2.45, 2.75) is 38.1 Å². The van der Waals surface area contributed by atoms with E-state index in [1.807, 2.05) is 31.2 Å². The fourth-order valence-electron chi connectivity index (χ4n) is 4.29. The van der Waals surface area contributed by atoms with Gasteiger partial charge in [-0.25, -0.2) is 4.98 Å². The van der Waals surface area contributed by atoms with Crippen LogP contribution in [0.25, 0.3) is 21.0 Å². The van der Waals surface area contributed by atoms with Crippen LogP contribution in [0.3, 0.4) is 0 Å². The number of hydrogen-bond acceptors (Lipinski definition) is 8. The summed E-state index contributed by atoms with van der Waals surface area (Å²) in [6.45, 7) is 2.07. The van der Waals surface area contributed by atoms with Crippen molar-refractivity contribution in [1.29, 1.82) is 0 Å². The zero-order valence-electron chi connectivity index (χ0n) is 18.7. The molecule has 10 heteroatoms.